The average Bonchev–Trinajstić information content (AvgIpc) is 3.15. The zero-order valence-electron chi connectivity index (χ0n) is 17.9. The molecule has 0 bridgehead atoms. The number of amides is 2. The van der Waals surface area contributed by atoms with E-state index in [9.17, 15) is 14.0 Å². The highest BCUT2D eigenvalue weighted by atomic mass is 32.2. The van der Waals surface area contributed by atoms with Crippen molar-refractivity contribution in [3.05, 3.63) is 83.5 Å². The summed E-state index contributed by atoms with van der Waals surface area (Å²) in [7, 11) is 0. The van der Waals surface area contributed by atoms with Gasteiger partial charge in [0.1, 0.15) is 5.82 Å². The molecule has 2 N–H and O–H groups in total. The van der Waals surface area contributed by atoms with E-state index in [0.29, 0.717) is 17.5 Å². The molecule has 0 spiro atoms. The van der Waals surface area contributed by atoms with Gasteiger partial charge in [0.2, 0.25) is 5.91 Å². The molecule has 0 radical (unpaired) electrons. The van der Waals surface area contributed by atoms with Gasteiger partial charge in [0, 0.05) is 12.2 Å². The van der Waals surface area contributed by atoms with Crippen LogP contribution < -0.4 is 10.6 Å². The van der Waals surface area contributed by atoms with Crippen molar-refractivity contribution in [2.45, 2.75) is 32.1 Å². The first-order valence-corrected chi connectivity index (χ1v) is 10.9. The fraction of sp³-hybridized carbons (Fsp3) is 0.217. The Kier molecular flexibility index (Phi) is 7.77. The standard InChI is InChI=1S/C23H24FN5O2S/c1-4-11-29-20(13-25-22(31)17-7-5-6-8-18(17)24)27-28-23(29)32-14-21(30)26-19-12-15(2)9-10-16(19)3/h4-10,12H,1,11,13-14H2,2-3H3,(H,25,31)(H,26,30). The van der Waals surface area contributed by atoms with Crippen LogP contribution in [0.4, 0.5) is 10.1 Å². The topological polar surface area (TPSA) is 88.9 Å². The van der Waals surface area contributed by atoms with Crippen LogP contribution in [0.1, 0.15) is 27.3 Å². The van der Waals surface area contributed by atoms with Crippen LogP contribution in [0.15, 0.2) is 60.3 Å². The van der Waals surface area contributed by atoms with Crippen LogP contribution in [0.2, 0.25) is 0 Å². The summed E-state index contributed by atoms with van der Waals surface area (Å²) in [6, 6.07) is 11.6. The number of thioether (sulfide) groups is 1. The third-order valence-corrected chi connectivity index (χ3v) is 5.60. The lowest BCUT2D eigenvalue weighted by atomic mass is 10.1. The van der Waals surface area contributed by atoms with Gasteiger partial charge in [-0.1, -0.05) is 42.1 Å². The van der Waals surface area contributed by atoms with Crippen LogP contribution in [-0.2, 0) is 17.9 Å². The van der Waals surface area contributed by atoms with Gasteiger partial charge in [0.05, 0.1) is 17.9 Å². The number of carbonyl (C=O) groups excluding carboxylic acids is 2. The molecule has 2 aromatic carbocycles. The summed E-state index contributed by atoms with van der Waals surface area (Å²) >= 11 is 1.24. The fourth-order valence-corrected chi connectivity index (χ4v) is 3.72. The molecule has 9 heteroatoms. The molecule has 1 heterocycles. The maximum atomic E-state index is 13.8. The van der Waals surface area contributed by atoms with Crippen molar-refractivity contribution >= 4 is 29.3 Å². The first kappa shape index (κ1) is 23.2. The van der Waals surface area contributed by atoms with Crippen molar-refractivity contribution in [1.29, 1.82) is 0 Å². The van der Waals surface area contributed by atoms with Crippen molar-refractivity contribution in [2.75, 3.05) is 11.1 Å². The number of hydrogen-bond donors (Lipinski definition) is 2. The number of aromatic nitrogens is 3. The SMILES string of the molecule is C=CCn1c(CNC(=O)c2ccccc2F)nnc1SCC(=O)Nc1cc(C)ccc1C. The Hall–Kier alpha value is -3.46. The van der Waals surface area contributed by atoms with E-state index in [1.54, 1.807) is 16.7 Å². The molecule has 0 aliphatic rings. The normalized spacial score (nSPS) is 10.6. The second-order valence-electron chi connectivity index (χ2n) is 7.12. The molecule has 3 aromatic rings. The summed E-state index contributed by atoms with van der Waals surface area (Å²) in [5.74, 6) is -0.676. The summed E-state index contributed by atoms with van der Waals surface area (Å²) in [6.45, 7) is 8.10. The van der Waals surface area contributed by atoms with E-state index in [-0.39, 0.29) is 23.8 Å². The molecular formula is C23H24FN5O2S. The molecule has 0 saturated carbocycles. The quantitative estimate of drug-likeness (QED) is 0.379. The zero-order chi connectivity index (χ0) is 23.1. The van der Waals surface area contributed by atoms with E-state index < -0.39 is 11.7 Å². The number of allylic oxidation sites excluding steroid dienone is 1. The minimum Gasteiger partial charge on any atom is -0.345 e. The van der Waals surface area contributed by atoms with Crippen LogP contribution in [0, 0.1) is 19.7 Å². The summed E-state index contributed by atoms with van der Waals surface area (Å²) < 4.78 is 15.6. The number of nitrogens with one attached hydrogen (secondary N) is 2. The first-order chi connectivity index (χ1) is 15.4. The van der Waals surface area contributed by atoms with E-state index in [2.05, 4.69) is 27.4 Å². The van der Waals surface area contributed by atoms with E-state index in [1.165, 1.54) is 30.0 Å². The molecule has 0 atom stereocenters. The Bertz CT molecular complexity index is 1150. The van der Waals surface area contributed by atoms with Crippen molar-refractivity contribution in [3.8, 4) is 0 Å². The van der Waals surface area contributed by atoms with E-state index in [1.807, 2.05) is 32.0 Å². The molecule has 2 amide bonds. The van der Waals surface area contributed by atoms with E-state index >= 15 is 0 Å². The molecule has 0 aliphatic heterocycles. The highest BCUT2D eigenvalue weighted by molar-refractivity contribution is 7.99. The second-order valence-corrected chi connectivity index (χ2v) is 8.06. The predicted molar refractivity (Wildman–Crippen MR) is 123 cm³/mol. The molecule has 1 aromatic heterocycles. The van der Waals surface area contributed by atoms with Gasteiger partial charge in [-0.15, -0.1) is 16.8 Å². The van der Waals surface area contributed by atoms with Gasteiger partial charge >= 0.3 is 0 Å². The van der Waals surface area contributed by atoms with Crippen molar-refractivity contribution < 1.29 is 14.0 Å². The number of rotatable bonds is 9. The number of aryl methyl sites for hydroxylation is 2. The molecule has 3 rings (SSSR count). The molecule has 7 nitrogen and oxygen atoms in total. The number of halogens is 1. The Balaban J connectivity index is 1.63. The van der Waals surface area contributed by atoms with Gasteiger partial charge < -0.3 is 15.2 Å². The van der Waals surface area contributed by atoms with Crippen LogP contribution in [-0.4, -0.2) is 32.3 Å². The molecule has 166 valence electrons. The van der Waals surface area contributed by atoms with Gasteiger partial charge in [-0.3, -0.25) is 9.59 Å². The van der Waals surface area contributed by atoms with Crippen LogP contribution in [0.25, 0.3) is 0 Å². The van der Waals surface area contributed by atoms with Gasteiger partial charge in [0.25, 0.3) is 5.91 Å². The minimum atomic E-state index is -0.594. The van der Waals surface area contributed by atoms with Crippen LogP contribution in [0.3, 0.4) is 0 Å². The number of benzene rings is 2. The third-order valence-electron chi connectivity index (χ3n) is 4.63. The lowest BCUT2D eigenvalue weighted by Crippen LogP contribution is -2.25. The predicted octanol–water partition coefficient (Wildman–Crippen LogP) is 3.88. The highest BCUT2D eigenvalue weighted by Crippen LogP contribution is 2.20. The lowest BCUT2D eigenvalue weighted by molar-refractivity contribution is -0.113. The molecule has 0 unspecified atom stereocenters. The van der Waals surface area contributed by atoms with E-state index in [4.69, 9.17) is 0 Å². The average molecular weight is 454 g/mol. The van der Waals surface area contributed by atoms with Crippen molar-refractivity contribution in [2.24, 2.45) is 0 Å². The van der Waals surface area contributed by atoms with E-state index in [0.717, 1.165) is 16.8 Å². The maximum absolute atomic E-state index is 13.8. The molecular weight excluding hydrogens is 429 g/mol. The first-order valence-electron chi connectivity index (χ1n) is 9.94. The number of carbonyl (C=O) groups is 2. The summed E-state index contributed by atoms with van der Waals surface area (Å²) in [4.78, 5) is 24.7. The minimum absolute atomic E-state index is 0.0417. The van der Waals surface area contributed by atoms with Gasteiger partial charge in [-0.05, 0) is 43.2 Å². The fourth-order valence-electron chi connectivity index (χ4n) is 2.96. The summed E-state index contributed by atoms with van der Waals surface area (Å²) in [5.41, 5.74) is 2.78. The largest absolute Gasteiger partial charge is 0.345 e. The second kappa shape index (κ2) is 10.7. The Morgan fingerprint density at radius 1 is 1.19 bits per heavy atom. The van der Waals surface area contributed by atoms with Gasteiger partial charge in [-0.25, -0.2) is 4.39 Å². The smallest absolute Gasteiger partial charge is 0.254 e. The number of nitrogens with zero attached hydrogens (tertiary/aromatic N) is 3. The molecule has 0 saturated heterocycles. The maximum Gasteiger partial charge on any atom is 0.254 e. The highest BCUT2D eigenvalue weighted by Gasteiger charge is 2.16. The molecule has 0 fully saturated rings. The Labute approximate surface area is 190 Å². The molecule has 0 aliphatic carbocycles. The number of anilines is 1. The van der Waals surface area contributed by atoms with Crippen molar-refractivity contribution in [3.63, 3.8) is 0 Å². The Morgan fingerprint density at radius 2 is 1.97 bits per heavy atom. The zero-order valence-corrected chi connectivity index (χ0v) is 18.7. The van der Waals surface area contributed by atoms with Crippen molar-refractivity contribution in [1.82, 2.24) is 20.1 Å². The molecule has 32 heavy (non-hydrogen) atoms. The summed E-state index contributed by atoms with van der Waals surface area (Å²) in [5, 5.41) is 14.3. The number of hydrogen-bond acceptors (Lipinski definition) is 5. The van der Waals surface area contributed by atoms with Gasteiger partial charge in [0.15, 0.2) is 11.0 Å². The summed E-state index contributed by atoms with van der Waals surface area (Å²) in [6.07, 6.45) is 1.67. The monoisotopic (exact) mass is 453 g/mol. The Morgan fingerprint density at radius 3 is 2.72 bits per heavy atom. The van der Waals surface area contributed by atoms with Crippen LogP contribution in [0.5, 0.6) is 0 Å². The van der Waals surface area contributed by atoms with Crippen LogP contribution >= 0.6 is 11.8 Å². The lowest BCUT2D eigenvalue weighted by Gasteiger charge is -2.10. The van der Waals surface area contributed by atoms with Gasteiger partial charge in [-0.2, -0.15) is 0 Å². The third kappa shape index (κ3) is 5.82.